The molecular formula is C10H6BrN3. The van der Waals surface area contributed by atoms with Crippen molar-refractivity contribution >= 4 is 32.2 Å². The normalized spacial score (nSPS) is 11.2. The summed E-state index contributed by atoms with van der Waals surface area (Å²) in [6.45, 7) is 0. The molecule has 0 fully saturated rings. The summed E-state index contributed by atoms with van der Waals surface area (Å²) in [5.74, 6) is 0. The molecule has 0 spiro atoms. The van der Waals surface area contributed by atoms with Crippen LogP contribution in [0.4, 0.5) is 0 Å². The number of nitrogens with zero attached hydrogens (tertiary/aromatic N) is 3. The van der Waals surface area contributed by atoms with Crippen LogP contribution in [0.5, 0.6) is 0 Å². The molecule has 0 atom stereocenters. The smallest absolute Gasteiger partial charge is 0.156 e. The Labute approximate surface area is 88.5 Å². The zero-order valence-corrected chi connectivity index (χ0v) is 8.77. The molecule has 0 saturated carbocycles. The molecule has 0 bridgehead atoms. The summed E-state index contributed by atoms with van der Waals surface area (Å²) in [7, 11) is 0. The summed E-state index contributed by atoms with van der Waals surface area (Å²) in [6.07, 6.45) is 1.91. The molecule has 2 aromatic heterocycles. The quantitative estimate of drug-likeness (QED) is 0.612. The van der Waals surface area contributed by atoms with Crippen LogP contribution >= 0.6 is 15.9 Å². The molecule has 4 heteroatoms. The summed E-state index contributed by atoms with van der Waals surface area (Å²) in [4.78, 5) is 0. The summed E-state index contributed by atoms with van der Waals surface area (Å²) < 4.78 is 2.56. The van der Waals surface area contributed by atoms with E-state index in [0.29, 0.717) is 0 Å². The third-order valence-corrected chi connectivity index (χ3v) is 2.80. The second kappa shape index (κ2) is 2.78. The van der Waals surface area contributed by atoms with E-state index in [1.165, 1.54) is 5.39 Å². The van der Waals surface area contributed by atoms with E-state index in [-0.39, 0.29) is 0 Å². The molecular weight excluding hydrogens is 242 g/mol. The van der Waals surface area contributed by atoms with Crippen LogP contribution in [0, 0.1) is 0 Å². The van der Waals surface area contributed by atoms with Crippen molar-refractivity contribution in [1.82, 2.24) is 14.8 Å². The second-order valence-corrected chi connectivity index (χ2v) is 3.83. The largest absolute Gasteiger partial charge is 0.219 e. The van der Waals surface area contributed by atoms with Gasteiger partial charge in [-0.1, -0.05) is 29.5 Å². The Kier molecular flexibility index (Phi) is 1.58. The molecule has 0 unspecified atom stereocenters. The molecule has 0 aliphatic carbocycles. The third-order valence-electron chi connectivity index (χ3n) is 2.26. The van der Waals surface area contributed by atoms with E-state index >= 15 is 0 Å². The van der Waals surface area contributed by atoms with Gasteiger partial charge in [0.1, 0.15) is 5.52 Å². The summed E-state index contributed by atoms with van der Waals surface area (Å²) in [6, 6.07) is 10.2. The predicted molar refractivity (Wildman–Crippen MR) is 58.2 cm³/mol. The van der Waals surface area contributed by atoms with E-state index in [1.54, 1.807) is 4.52 Å². The van der Waals surface area contributed by atoms with Crippen molar-refractivity contribution < 1.29 is 0 Å². The number of fused-ring (bicyclic) bond motifs is 3. The molecule has 0 radical (unpaired) electrons. The van der Waals surface area contributed by atoms with Crippen LogP contribution in [0.2, 0.25) is 0 Å². The molecule has 3 rings (SSSR count). The molecule has 14 heavy (non-hydrogen) atoms. The fraction of sp³-hybridized carbons (Fsp3) is 0. The van der Waals surface area contributed by atoms with Crippen molar-refractivity contribution in [2.75, 3.05) is 0 Å². The van der Waals surface area contributed by atoms with Crippen LogP contribution in [0.1, 0.15) is 0 Å². The van der Waals surface area contributed by atoms with Crippen molar-refractivity contribution in [2.45, 2.75) is 0 Å². The first-order valence-electron chi connectivity index (χ1n) is 4.24. The van der Waals surface area contributed by atoms with Gasteiger partial charge in [0.2, 0.25) is 0 Å². The average Bonchev–Trinajstić information content (AvgIpc) is 2.61. The molecule has 0 aliphatic heterocycles. The highest BCUT2D eigenvalue weighted by molar-refractivity contribution is 9.10. The number of aromatic nitrogens is 3. The van der Waals surface area contributed by atoms with Crippen LogP contribution in [-0.2, 0) is 0 Å². The second-order valence-electron chi connectivity index (χ2n) is 3.08. The Bertz CT molecular complexity index is 615. The summed E-state index contributed by atoms with van der Waals surface area (Å²) in [5, 5.41) is 10.3. The van der Waals surface area contributed by atoms with E-state index in [0.717, 1.165) is 15.5 Å². The molecule has 2 heterocycles. The lowest BCUT2D eigenvalue weighted by Gasteiger charge is -1.98. The maximum absolute atomic E-state index is 3.99. The highest BCUT2D eigenvalue weighted by atomic mass is 79.9. The Morgan fingerprint density at radius 1 is 1.14 bits per heavy atom. The minimum atomic E-state index is 0.786. The Morgan fingerprint density at radius 3 is 2.93 bits per heavy atom. The van der Waals surface area contributed by atoms with Gasteiger partial charge in [0.05, 0.1) is 0 Å². The van der Waals surface area contributed by atoms with Crippen molar-refractivity contribution in [1.29, 1.82) is 0 Å². The van der Waals surface area contributed by atoms with Gasteiger partial charge in [-0.2, -0.15) is 0 Å². The molecule has 0 amide bonds. The fourth-order valence-electron chi connectivity index (χ4n) is 1.62. The molecule has 0 aliphatic rings. The van der Waals surface area contributed by atoms with Crippen LogP contribution in [-0.4, -0.2) is 14.8 Å². The number of rotatable bonds is 0. The number of hydrogen-bond acceptors (Lipinski definition) is 2. The van der Waals surface area contributed by atoms with Gasteiger partial charge < -0.3 is 0 Å². The minimum Gasteiger partial charge on any atom is -0.219 e. The van der Waals surface area contributed by atoms with Crippen LogP contribution in [0.3, 0.4) is 0 Å². The average molecular weight is 248 g/mol. The third kappa shape index (κ3) is 0.974. The zero-order chi connectivity index (χ0) is 9.54. The van der Waals surface area contributed by atoms with Gasteiger partial charge in [-0.15, -0.1) is 5.10 Å². The Hall–Kier alpha value is -1.42. The highest BCUT2D eigenvalue weighted by Crippen LogP contribution is 2.24. The molecule has 68 valence electrons. The van der Waals surface area contributed by atoms with Gasteiger partial charge in [0.25, 0.3) is 0 Å². The van der Waals surface area contributed by atoms with E-state index in [2.05, 4.69) is 38.4 Å². The molecule has 3 nitrogen and oxygen atoms in total. The topological polar surface area (TPSA) is 30.2 Å². The SMILES string of the molecule is Brc1nnn2ccc3ccccc3c12. The van der Waals surface area contributed by atoms with Crippen molar-refractivity contribution in [3.8, 4) is 0 Å². The predicted octanol–water partition coefficient (Wildman–Crippen LogP) is 2.65. The number of pyridine rings is 1. The highest BCUT2D eigenvalue weighted by Gasteiger charge is 2.05. The zero-order valence-electron chi connectivity index (χ0n) is 7.18. The number of hydrogen-bond donors (Lipinski definition) is 0. The van der Waals surface area contributed by atoms with Crippen molar-refractivity contribution in [2.24, 2.45) is 0 Å². The van der Waals surface area contributed by atoms with E-state index < -0.39 is 0 Å². The van der Waals surface area contributed by atoms with Crippen molar-refractivity contribution in [3.05, 3.63) is 41.1 Å². The van der Waals surface area contributed by atoms with Gasteiger partial charge >= 0.3 is 0 Å². The maximum Gasteiger partial charge on any atom is 0.156 e. The van der Waals surface area contributed by atoms with E-state index in [1.807, 2.05) is 24.4 Å². The van der Waals surface area contributed by atoms with Gasteiger partial charge in [-0.25, -0.2) is 4.52 Å². The molecule has 1 aromatic carbocycles. The van der Waals surface area contributed by atoms with Crippen LogP contribution in [0.15, 0.2) is 41.1 Å². The van der Waals surface area contributed by atoms with Gasteiger partial charge in [-0.3, -0.25) is 0 Å². The summed E-state index contributed by atoms with van der Waals surface area (Å²) in [5.41, 5.74) is 1.02. The number of halogens is 1. The van der Waals surface area contributed by atoms with E-state index in [4.69, 9.17) is 0 Å². The Balaban J connectivity index is 2.65. The van der Waals surface area contributed by atoms with Crippen LogP contribution < -0.4 is 0 Å². The lowest BCUT2D eigenvalue weighted by atomic mass is 10.1. The molecule has 3 aromatic rings. The monoisotopic (exact) mass is 247 g/mol. The molecule has 0 saturated heterocycles. The van der Waals surface area contributed by atoms with Gasteiger partial charge in [-0.05, 0) is 27.4 Å². The fourth-order valence-corrected chi connectivity index (χ4v) is 2.09. The maximum atomic E-state index is 3.99. The van der Waals surface area contributed by atoms with Crippen LogP contribution in [0.25, 0.3) is 16.3 Å². The first-order chi connectivity index (χ1) is 6.86. The van der Waals surface area contributed by atoms with Gasteiger partial charge in [0, 0.05) is 11.6 Å². The Morgan fingerprint density at radius 2 is 2.00 bits per heavy atom. The first kappa shape index (κ1) is 7.94. The lowest BCUT2D eigenvalue weighted by molar-refractivity contribution is 0.854. The first-order valence-corrected chi connectivity index (χ1v) is 5.04. The minimum absolute atomic E-state index is 0.786. The standard InChI is InChI=1S/C10H6BrN3/c11-10-9-8-4-2-1-3-7(8)5-6-14(9)13-12-10/h1-6H. The van der Waals surface area contributed by atoms with E-state index in [9.17, 15) is 0 Å². The molecule has 0 N–H and O–H groups in total. The summed E-state index contributed by atoms with van der Waals surface area (Å²) >= 11 is 3.39. The number of benzene rings is 1. The lowest BCUT2D eigenvalue weighted by Crippen LogP contribution is -1.86. The van der Waals surface area contributed by atoms with Crippen molar-refractivity contribution in [3.63, 3.8) is 0 Å². The van der Waals surface area contributed by atoms with Gasteiger partial charge in [0.15, 0.2) is 4.60 Å².